The van der Waals surface area contributed by atoms with Crippen LogP contribution in [0.15, 0.2) is 35.1 Å². The molecule has 0 aliphatic carbocycles. The largest absolute Gasteiger partial charge is 0.295 e. The Hall–Kier alpha value is -2.65. The Labute approximate surface area is 150 Å². The summed E-state index contributed by atoms with van der Waals surface area (Å²) in [5.41, 5.74) is 0.415. The van der Waals surface area contributed by atoms with Crippen LogP contribution in [0, 0.1) is 5.82 Å². The van der Waals surface area contributed by atoms with Crippen LogP contribution in [0.4, 0.5) is 9.52 Å². The number of carbonyl (C=O) groups excluding carboxylic acids is 1. The molecule has 0 saturated heterocycles. The smallest absolute Gasteiger partial charge is 0.277 e. The molecule has 0 fully saturated rings. The van der Waals surface area contributed by atoms with Crippen molar-refractivity contribution in [2.45, 2.75) is 6.42 Å². The van der Waals surface area contributed by atoms with Crippen molar-refractivity contribution in [2.75, 3.05) is 5.32 Å². The molecule has 10 heteroatoms. The van der Waals surface area contributed by atoms with Crippen molar-refractivity contribution in [2.24, 2.45) is 7.05 Å². The number of benzene rings is 1. The molecule has 1 aromatic carbocycles. The summed E-state index contributed by atoms with van der Waals surface area (Å²) < 4.78 is 14.4. The number of aryl methyl sites for hydroxylation is 1. The molecule has 0 radical (unpaired) electrons. The second-order valence-corrected chi connectivity index (χ2v) is 6.59. The van der Waals surface area contributed by atoms with Crippen molar-refractivity contribution in [3.8, 4) is 0 Å². The van der Waals surface area contributed by atoms with Gasteiger partial charge in [0.25, 0.3) is 11.5 Å². The van der Waals surface area contributed by atoms with Gasteiger partial charge in [-0.15, -0.1) is 10.2 Å². The predicted molar refractivity (Wildman–Crippen MR) is 91.6 cm³/mol. The van der Waals surface area contributed by atoms with Crippen molar-refractivity contribution in [1.82, 2.24) is 20.0 Å². The van der Waals surface area contributed by atoms with Gasteiger partial charge in [-0.05, 0) is 29.8 Å². The lowest BCUT2D eigenvalue weighted by Crippen LogP contribution is -2.23. The number of amides is 1. The number of halogens is 2. The van der Waals surface area contributed by atoms with Crippen molar-refractivity contribution < 1.29 is 9.18 Å². The summed E-state index contributed by atoms with van der Waals surface area (Å²) in [7, 11) is 1.45. The molecule has 128 valence electrons. The second kappa shape index (κ2) is 7.08. The Morgan fingerprint density at radius 2 is 2.12 bits per heavy atom. The highest BCUT2D eigenvalue weighted by Gasteiger charge is 2.13. The fraction of sp³-hybridized carbons (Fsp3) is 0.133. The summed E-state index contributed by atoms with van der Waals surface area (Å²) in [5.74, 6) is -0.937. The molecular weight excluding hydrogens is 369 g/mol. The van der Waals surface area contributed by atoms with Gasteiger partial charge in [0.2, 0.25) is 5.13 Å². The first-order valence-corrected chi connectivity index (χ1v) is 8.23. The third-order valence-corrected chi connectivity index (χ3v) is 4.21. The summed E-state index contributed by atoms with van der Waals surface area (Å²) in [6.45, 7) is 0. The van der Waals surface area contributed by atoms with Crippen LogP contribution in [0.25, 0.3) is 0 Å². The minimum atomic E-state index is -0.507. The molecule has 0 atom stereocenters. The zero-order valence-corrected chi connectivity index (χ0v) is 14.4. The number of aromatic nitrogens is 4. The van der Waals surface area contributed by atoms with Gasteiger partial charge in [-0.3, -0.25) is 14.9 Å². The molecule has 2 heterocycles. The van der Waals surface area contributed by atoms with Gasteiger partial charge in [-0.1, -0.05) is 22.9 Å². The van der Waals surface area contributed by atoms with Crippen LogP contribution >= 0.6 is 22.9 Å². The fourth-order valence-electron chi connectivity index (χ4n) is 2.05. The van der Waals surface area contributed by atoms with Crippen molar-refractivity contribution in [1.29, 1.82) is 0 Å². The maximum absolute atomic E-state index is 13.4. The van der Waals surface area contributed by atoms with Crippen LogP contribution < -0.4 is 10.9 Å². The highest BCUT2D eigenvalue weighted by Crippen LogP contribution is 2.21. The van der Waals surface area contributed by atoms with E-state index in [2.05, 4.69) is 20.6 Å². The first-order valence-electron chi connectivity index (χ1n) is 7.04. The summed E-state index contributed by atoms with van der Waals surface area (Å²) in [6.07, 6.45) is 0.336. The third kappa shape index (κ3) is 4.25. The average molecular weight is 380 g/mol. The molecule has 1 N–H and O–H groups in total. The molecule has 3 rings (SSSR count). The molecule has 7 nitrogen and oxygen atoms in total. The van der Waals surface area contributed by atoms with Gasteiger partial charge in [0.1, 0.15) is 16.5 Å². The standard InChI is InChI=1S/C15H11ClFN5O2S/c1-22-13(23)3-2-11(21-22)14(24)18-15-20-19-12(25-15)6-8-4-9(16)7-10(17)5-8/h2-5,7H,6H2,1H3,(H,18,20,24). The Morgan fingerprint density at radius 3 is 2.84 bits per heavy atom. The normalized spacial score (nSPS) is 10.7. The molecule has 0 bridgehead atoms. The molecule has 0 saturated carbocycles. The van der Waals surface area contributed by atoms with E-state index in [1.807, 2.05) is 0 Å². The van der Waals surface area contributed by atoms with Crippen LogP contribution in [0.2, 0.25) is 5.02 Å². The highest BCUT2D eigenvalue weighted by atomic mass is 35.5. The first-order chi connectivity index (χ1) is 11.9. The average Bonchev–Trinajstić information content (AvgIpc) is 2.95. The fourth-order valence-corrected chi connectivity index (χ4v) is 3.06. The van der Waals surface area contributed by atoms with Crippen LogP contribution in [-0.2, 0) is 13.5 Å². The van der Waals surface area contributed by atoms with E-state index >= 15 is 0 Å². The number of hydrogen-bond donors (Lipinski definition) is 1. The lowest BCUT2D eigenvalue weighted by atomic mass is 10.1. The van der Waals surface area contributed by atoms with Crippen molar-refractivity contribution in [3.63, 3.8) is 0 Å². The first kappa shape index (κ1) is 17.2. The molecule has 3 aromatic rings. The van der Waals surface area contributed by atoms with Gasteiger partial charge in [-0.2, -0.15) is 5.10 Å². The highest BCUT2D eigenvalue weighted by molar-refractivity contribution is 7.15. The number of rotatable bonds is 4. The number of anilines is 1. The zero-order valence-electron chi connectivity index (χ0n) is 12.9. The van der Waals surface area contributed by atoms with Crippen molar-refractivity contribution >= 4 is 34.0 Å². The zero-order chi connectivity index (χ0) is 18.0. The van der Waals surface area contributed by atoms with Gasteiger partial charge in [-0.25, -0.2) is 9.07 Å². The van der Waals surface area contributed by atoms with Gasteiger partial charge in [0.15, 0.2) is 0 Å². The summed E-state index contributed by atoms with van der Waals surface area (Å²) in [4.78, 5) is 23.4. The molecule has 0 spiro atoms. The van der Waals surface area contributed by atoms with Crippen LogP contribution in [0.5, 0.6) is 0 Å². The monoisotopic (exact) mass is 379 g/mol. The van der Waals surface area contributed by atoms with E-state index < -0.39 is 11.7 Å². The molecule has 2 aromatic heterocycles. The van der Waals surface area contributed by atoms with E-state index in [0.717, 1.165) is 16.0 Å². The van der Waals surface area contributed by atoms with Crippen molar-refractivity contribution in [3.05, 3.63) is 67.8 Å². The quantitative estimate of drug-likeness (QED) is 0.751. The summed E-state index contributed by atoms with van der Waals surface area (Å²) >= 11 is 6.98. The predicted octanol–water partition coefficient (Wildman–Crippen LogP) is 2.27. The lowest BCUT2D eigenvalue weighted by molar-refractivity contribution is 0.102. The van der Waals surface area contributed by atoms with Gasteiger partial charge < -0.3 is 0 Å². The SMILES string of the molecule is Cn1nc(C(=O)Nc2nnc(Cc3cc(F)cc(Cl)c3)s2)ccc1=O. The summed E-state index contributed by atoms with van der Waals surface area (Å²) in [6, 6.07) is 6.80. The molecule has 0 unspecified atom stereocenters. The lowest BCUT2D eigenvalue weighted by Gasteiger charge is -2.01. The molecule has 1 amide bonds. The summed E-state index contributed by atoms with van der Waals surface area (Å²) in [5, 5.41) is 15.4. The maximum atomic E-state index is 13.4. The number of nitrogens with one attached hydrogen (secondary N) is 1. The van der Waals surface area contributed by atoms with E-state index in [4.69, 9.17) is 11.6 Å². The Morgan fingerprint density at radius 1 is 1.32 bits per heavy atom. The van der Waals surface area contributed by atoms with E-state index in [9.17, 15) is 14.0 Å². The number of nitrogens with zero attached hydrogens (tertiary/aromatic N) is 4. The molecule has 25 heavy (non-hydrogen) atoms. The van der Waals surface area contributed by atoms with Crippen LogP contribution in [0.1, 0.15) is 21.1 Å². The Balaban J connectivity index is 1.71. The number of hydrogen-bond acceptors (Lipinski definition) is 6. The minimum Gasteiger partial charge on any atom is -0.295 e. The topological polar surface area (TPSA) is 89.8 Å². The van der Waals surface area contributed by atoms with Gasteiger partial charge in [0, 0.05) is 24.6 Å². The molecule has 0 aliphatic rings. The molecule has 0 aliphatic heterocycles. The van der Waals surface area contributed by atoms with Crippen LogP contribution in [0.3, 0.4) is 0 Å². The van der Waals surface area contributed by atoms with E-state index in [-0.39, 0.29) is 16.4 Å². The van der Waals surface area contributed by atoms with E-state index in [0.29, 0.717) is 22.0 Å². The second-order valence-electron chi connectivity index (χ2n) is 5.09. The van der Waals surface area contributed by atoms with Gasteiger partial charge >= 0.3 is 0 Å². The molecular formula is C15H11ClFN5O2S. The third-order valence-electron chi connectivity index (χ3n) is 3.16. The van der Waals surface area contributed by atoms with E-state index in [1.165, 1.54) is 31.3 Å². The maximum Gasteiger partial charge on any atom is 0.277 e. The number of carbonyl (C=O) groups is 1. The Bertz CT molecular complexity index is 983. The van der Waals surface area contributed by atoms with E-state index in [1.54, 1.807) is 6.07 Å². The van der Waals surface area contributed by atoms with Gasteiger partial charge in [0.05, 0.1) is 0 Å². The Kier molecular flexibility index (Phi) is 4.86. The minimum absolute atomic E-state index is 0.0794. The van der Waals surface area contributed by atoms with Crippen LogP contribution in [-0.4, -0.2) is 25.9 Å².